The fourth-order valence-electron chi connectivity index (χ4n) is 4.17. The van der Waals surface area contributed by atoms with Crippen LogP contribution in [0.25, 0.3) is 0 Å². The lowest BCUT2D eigenvalue weighted by molar-refractivity contribution is -0.135. The lowest BCUT2D eigenvalue weighted by atomic mass is 9.86. The summed E-state index contributed by atoms with van der Waals surface area (Å²) in [6.07, 6.45) is 7.62. The van der Waals surface area contributed by atoms with E-state index in [-0.39, 0.29) is 17.7 Å². The zero-order valence-electron chi connectivity index (χ0n) is 16.0. The second-order valence-corrected chi connectivity index (χ2v) is 8.11. The molecule has 1 aromatic carbocycles. The molecule has 2 amide bonds. The maximum Gasteiger partial charge on any atom is 0.223 e. The average Bonchev–Trinajstić information content (AvgIpc) is 2.69. The van der Waals surface area contributed by atoms with E-state index in [1.807, 2.05) is 23.1 Å². The van der Waals surface area contributed by atoms with Crippen LogP contribution >= 0.6 is 0 Å². The van der Waals surface area contributed by atoms with Crippen LogP contribution in [-0.2, 0) is 16.0 Å². The number of likely N-dealkylation sites (tertiary alicyclic amines) is 1. The van der Waals surface area contributed by atoms with Crippen molar-refractivity contribution < 1.29 is 9.59 Å². The molecule has 142 valence electrons. The Kier molecular flexibility index (Phi) is 6.70. The van der Waals surface area contributed by atoms with Gasteiger partial charge in [0.2, 0.25) is 11.8 Å². The van der Waals surface area contributed by atoms with Crippen molar-refractivity contribution in [2.75, 3.05) is 13.1 Å². The highest BCUT2D eigenvalue weighted by Gasteiger charge is 2.29. The topological polar surface area (TPSA) is 49.4 Å². The highest BCUT2D eigenvalue weighted by atomic mass is 16.2. The molecule has 26 heavy (non-hydrogen) atoms. The van der Waals surface area contributed by atoms with Gasteiger partial charge in [-0.2, -0.15) is 0 Å². The number of carbonyl (C=O) groups is 2. The van der Waals surface area contributed by atoms with Crippen molar-refractivity contribution in [2.45, 2.75) is 64.3 Å². The minimum atomic E-state index is 0.0764. The van der Waals surface area contributed by atoms with Gasteiger partial charge in [-0.3, -0.25) is 9.59 Å². The van der Waals surface area contributed by atoms with Crippen LogP contribution in [0.3, 0.4) is 0 Å². The first-order chi connectivity index (χ1) is 12.6. The molecule has 2 fully saturated rings. The molecule has 0 atom stereocenters. The molecule has 1 saturated heterocycles. The molecule has 4 heteroatoms. The molecule has 1 saturated carbocycles. The monoisotopic (exact) mass is 356 g/mol. The van der Waals surface area contributed by atoms with Crippen LogP contribution in [-0.4, -0.2) is 35.8 Å². The van der Waals surface area contributed by atoms with E-state index in [1.165, 1.54) is 18.4 Å². The molecule has 1 aliphatic carbocycles. The first-order valence-corrected chi connectivity index (χ1v) is 10.2. The van der Waals surface area contributed by atoms with Crippen LogP contribution in [0.15, 0.2) is 30.3 Å². The average molecular weight is 357 g/mol. The Morgan fingerprint density at radius 3 is 2.31 bits per heavy atom. The predicted molar refractivity (Wildman–Crippen MR) is 104 cm³/mol. The van der Waals surface area contributed by atoms with E-state index in [2.05, 4.69) is 24.4 Å². The molecule has 0 bridgehead atoms. The Bertz CT molecular complexity index is 585. The van der Waals surface area contributed by atoms with Crippen molar-refractivity contribution in [1.29, 1.82) is 0 Å². The fourth-order valence-corrected chi connectivity index (χ4v) is 4.17. The summed E-state index contributed by atoms with van der Waals surface area (Å²) in [7, 11) is 0. The number of aryl methyl sites for hydroxylation is 1. The Labute approximate surface area is 157 Å². The highest BCUT2D eigenvalue weighted by molar-refractivity contribution is 5.80. The van der Waals surface area contributed by atoms with Crippen molar-refractivity contribution in [3.05, 3.63) is 35.9 Å². The number of amides is 2. The summed E-state index contributed by atoms with van der Waals surface area (Å²) in [4.78, 5) is 26.9. The molecule has 1 aliphatic heterocycles. The summed E-state index contributed by atoms with van der Waals surface area (Å²) < 4.78 is 0. The maximum absolute atomic E-state index is 12.5. The molecule has 2 aliphatic rings. The summed E-state index contributed by atoms with van der Waals surface area (Å²) in [5.41, 5.74) is 1.21. The molecule has 4 nitrogen and oxygen atoms in total. The van der Waals surface area contributed by atoms with E-state index in [9.17, 15) is 9.59 Å². The molecule has 1 heterocycles. The maximum atomic E-state index is 12.5. The second kappa shape index (κ2) is 9.20. The summed E-state index contributed by atoms with van der Waals surface area (Å²) >= 11 is 0. The van der Waals surface area contributed by atoms with Gasteiger partial charge in [0.05, 0.1) is 0 Å². The van der Waals surface area contributed by atoms with Gasteiger partial charge < -0.3 is 10.2 Å². The van der Waals surface area contributed by atoms with Gasteiger partial charge in [-0.25, -0.2) is 0 Å². The molecule has 0 aromatic heterocycles. The minimum Gasteiger partial charge on any atom is -0.353 e. The first kappa shape index (κ1) is 18.9. The van der Waals surface area contributed by atoms with Gasteiger partial charge in [-0.15, -0.1) is 0 Å². The van der Waals surface area contributed by atoms with E-state index >= 15 is 0 Å². The summed E-state index contributed by atoms with van der Waals surface area (Å²) in [6, 6.07) is 10.5. The number of benzene rings is 1. The molecule has 0 spiro atoms. The number of nitrogens with zero attached hydrogens (tertiary/aromatic N) is 1. The van der Waals surface area contributed by atoms with Crippen molar-refractivity contribution >= 4 is 11.8 Å². The van der Waals surface area contributed by atoms with E-state index in [0.29, 0.717) is 25.6 Å². The molecule has 1 aromatic rings. The molecule has 1 N–H and O–H groups in total. The minimum absolute atomic E-state index is 0.0764. The molecule has 0 unspecified atom stereocenters. The number of carbonyl (C=O) groups excluding carboxylic acids is 2. The zero-order valence-corrected chi connectivity index (χ0v) is 16.0. The first-order valence-electron chi connectivity index (χ1n) is 10.2. The van der Waals surface area contributed by atoms with Gasteiger partial charge in [-0.1, -0.05) is 37.3 Å². The normalized spacial score (nSPS) is 24.3. The highest BCUT2D eigenvalue weighted by Crippen LogP contribution is 2.25. The van der Waals surface area contributed by atoms with E-state index in [0.717, 1.165) is 38.0 Å². The standard InChI is InChI=1S/C22H32N2O2/c1-17-7-10-20(11-8-17)23-22(26)19-13-15-24(16-14-19)21(25)12-9-18-5-3-2-4-6-18/h2-6,17,19-20H,7-16H2,1H3,(H,23,26). The van der Waals surface area contributed by atoms with Gasteiger partial charge in [0.25, 0.3) is 0 Å². The third kappa shape index (κ3) is 5.33. The van der Waals surface area contributed by atoms with E-state index < -0.39 is 0 Å². The molecule has 0 radical (unpaired) electrons. The lowest BCUT2D eigenvalue weighted by Gasteiger charge is -2.33. The summed E-state index contributed by atoms with van der Waals surface area (Å²) in [5, 5.41) is 3.26. The lowest BCUT2D eigenvalue weighted by Crippen LogP contribution is -2.46. The van der Waals surface area contributed by atoms with Gasteiger partial charge in [0.15, 0.2) is 0 Å². The fraction of sp³-hybridized carbons (Fsp3) is 0.636. The van der Waals surface area contributed by atoms with Crippen LogP contribution in [0, 0.1) is 11.8 Å². The van der Waals surface area contributed by atoms with Crippen LogP contribution in [0.1, 0.15) is 57.4 Å². The molecular weight excluding hydrogens is 324 g/mol. The third-order valence-corrected chi connectivity index (χ3v) is 6.05. The Balaban J connectivity index is 1.38. The van der Waals surface area contributed by atoms with Crippen LogP contribution in [0.5, 0.6) is 0 Å². The smallest absolute Gasteiger partial charge is 0.223 e. The van der Waals surface area contributed by atoms with Crippen molar-refractivity contribution in [3.63, 3.8) is 0 Å². The van der Waals surface area contributed by atoms with Gasteiger partial charge >= 0.3 is 0 Å². The number of rotatable bonds is 5. The summed E-state index contributed by atoms with van der Waals surface area (Å²) in [5.74, 6) is 1.30. The van der Waals surface area contributed by atoms with Gasteiger partial charge in [0.1, 0.15) is 0 Å². The Hall–Kier alpha value is -1.84. The van der Waals surface area contributed by atoms with Crippen molar-refractivity contribution in [1.82, 2.24) is 10.2 Å². The quantitative estimate of drug-likeness (QED) is 0.877. The summed E-state index contributed by atoms with van der Waals surface area (Å²) in [6.45, 7) is 3.73. The Morgan fingerprint density at radius 2 is 1.65 bits per heavy atom. The van der Waals surface area contributed by atoms with Gasteiger partial charge in [0, 0.05) is 31.5 Å². The number of hydrogen-bond donors (Lipinski definition) is 1. The zero-order chi connectivity index (χ0) is 18.4. The van der Waals surface area contributed by atoms with E-state index in [1.54, 1.807) is 0 Å². The molecular formula is C22H32N2O2. The number of piperidine rings is 1. The third-order valence-electron chi connectivity index (χ3n) is 6.05. The van der Waals surface area contributed by atoms with Crippen LogP contribution < -0.4 is 5.32 Å². The number of hydrogen-bond acceptors (Lipinski definition) is 2. The molecule has 3 rings (SSSR count). The van der Waals surface area contributed by atoms with E-state index in [4.69, 9.17) is 0 Å². The van der Waals surface area contributed by atoms with Gasteiger partial charge in [-0.05, 0) is 56.4 Å². The van der Waals surface area contributed by atoms with Crippen molar-refractivity contribution in [3.8, 4) is 0 Å². The Morgan fingerprint density at radius 1 is 1.00 bits per heavy atom. The SMILES string of the molecule is CC1CCC(NC(=O)C2CCN(C(=O)CCc3ccccc3)CC2)CC1. The van der Waals surface area contributed by atoms with Crippen LogP contribution in [0.4, 0.5) is 0 Å². The number of nitrogens with one attached hydrogen (secondary N) is 1. The second-order valence-electron chi connectivity index (χ2n) is 8.11. The van der Waals surface area contributed by atoms with Crippen molar-refractivity contribution in [2.24, 2.45) is 11.8 Å². The van der Waals surface area contributed by atoms with Crippen LogP contribution in [0.2, 0.25) is 0 Å². The predicted octanol–water partition coefficient (Wildman–Crippen LogP) is 3.55. The largest absolute Gasteiger partial charge is 0.353 e.